The Balaban J connectivity index is 1.66. The third-order valence-electron chi connectivity index (χ3n) is 5.52. The summed E-state index contributed by atoms with van der Waals surface area (Å²) in [7, 11) is 2.92. The summed E-state index contributed by atoms with van der Waals surface area (Å²) in [5, 5.41) is 6.08. The molecule has 0 bridgehead atoms. The molecule has 2 heterocycles. The van der Waals surface area contributed by atoms with Crippen LogP contribution in [0.4, 0.5) is 11.4 Å². The molecule has 2 amide bonds. The van der Waals surface area contributed by atoms with E-state index in [4.69, 9.17) is 9.47 Å². The predicted molar refractivity (Wildman–Crippen MR) is 136 cm³/mol. The van der Waals surface area contributed by atoms with Crippen LogP contribution in [0.5, 0.6) is 11.5 Å². The fourth-order valence-corrected chi connectivity index (χ4v) is 4.69. The molecule has 2 aromatic heterocycles. The fraction of sp³-hybridized carbons (Fsp3) is 0.200. The quantitative estimate of drug-likeness (QED) is 0.398. The second-order valence-electron chi connectivity index (χ2n) is 7.60. The molecule has 2 N–H and O–H groups in total. The van der Waals surface area contributed by atoms with Crippen LogP contribution in [0.1, 0.15) is 32.5 Å². The molecule has 0 atom stereocenters. The van der Waals surface area contributed by atoms with E-state index in [1.165, 1.54) is 25.1 Å². The van der Waals surface area contributed by atoms with Gasteiger partial charge in [-0.3, -0.25) is 19.0 Å². The summed E-state index contributed by atoms with van der Waals surface area (Å²) in [6, 6.07) is 11.9. The molecule has 0 aliphatic heterocycles. The lowest BCUT2D eigenvalue weighted by atomic mass is 10.1. The number of anilines is 2. The number of methoxy groups -OCH3 is 2. The molecular weight excluding hydrogens is 468 g/mol. The number of nitrogens with one attached hydrogen (secondary N) is 2. The van der Waals surface area contributed by atoms with Gasteiger partial charge in [0, 0.05) is 24.2 Å². The highest BCUT2D eigenvalue weighted by atomic mass is 32.1. The second kappa shape index (κ2) is 9.98. The number of aromatic nitrogens is 2. The molecule has 0 saturated heterocycles. The molecule has 0 saturated carbocycles. The summed E-state index contributed by atoms with van der Waals surface area (Å²) in [5.74, 6) is -0.0538. The molecule has 0 radical (unpaired) electrons. The smallest absolute Gasteiger partial charge is 0.266 e. The van der Waals surface area contributed by atoms with Gasteiger partial charge >= 0.3 is 0 Å². The largest absolute Gasteiger partial charge is 0.494 e. The number of hydrogen-bond donors (Lipinski definition) is 2. The Morgan fingerprint density at radius 3 is 2.17 bits per heavy atom. The van der Waals surface area contributed by atoms with Gasteiger partial charge in [-0.15, -0.1) is 11.3 Å². The Kier molecular flexibility index (Phi) is 6.83. The van der Waals surface area contributed by atoms with E-state index >= 15 is 0 Å². The first-order valence-corrected chi connectivity index (χ1v) is 11.6. The lowest BCUT2D eigenvalue weighted by Crippen LogP contribution is -2.19. The van der Waals surface area contributed by atoms with Gasteiger partial charge in [0.1, 0.15) is 16.3 Å². The molecule has 4 rings (SSSR count). The topological polar surface area (TPSA) is 112 Å². The van der Waals surface area contributed by atoms with Gasteiger partial charge < -0.3 is 20.1 Å². The van der Waals surface area contributed by atoms with Gasteiger partial charge in [-0.2, -0.15) is 0 Å². The van der Waals surface area contributed by atoms with Crippen LogP contribution >= 0.6 is 11.3 Å². The van der Waals surface area contributed by atoms with Gasteiger partial charge in [-0.1, -0.05) is 18.2 Å². The number of thiophene rings is 1. The van der Waals surface area contributed by atoms with Crippen LogP contribution in [0, 0.1) is 6.92 Å². The summed E-state index contributed by atoms with van der Waals surface area (Å²) >= 11 is 1.15. The summed E-state index contributed by atoms with van der Waals surface area (Å²) in [4.78, 5) is 43.7. The van der Waals surface area contributed by atoms with E-state index in [1.54, 1.807) is 43.3 Å². The molecular formula is C25H24N4O5S. The molecule has 0 aliphatic rings. The monoisotopic (exact) mass is 492 g/mol. The lowest BCUT2D eigenvalue weighted by molar-refractivity contribution is 0.101. The first-order valence-electron chi connectivity index (χ1n) is 10.8. The number of amides is 2. The van der Waals surface area contributed by atoms with Crippen LogP contribution in [0.3, 0.4) is 0 Å². The average Bonchev–Trinajstić information content (AvgIpc) is 3.22. The highest BCUT2D eigenvalue weighted by Crippen LogP contribution is 2.37. The molecule has 0 unspecified atom stereocenters. The molecule has 4 aromatic rings. The highest BCUT2D eigenvalue weighted by Gasteiger charge is 2.22. The summed E-state index contributed by atoms with van der Waals surface area (Å²) in [5.41, 5.74) is 1.62. The Morgan fingerprint density at radius 1 is 1.00 bits per heavy atom. The van der Waals surface area contributed by atoms with Gasteiger partial charge in [-0.25, -0.2) is 4.98 Å². The Morgan fingerprint density at radius 2 is 1.60 bits per heavy atom. The molecule has 2 aromatic carbocycles. The van der Waals surface area contributed by atoms with Crippen molar-refractivity contribution in [3.8, 4) is 11.5 Å². The van der Waals surface area contributed by atoms with Gasteiger partial charge in [0.25, 0.3) is 17.4 Å². The Labute approximate surface area is 205 Å². The number of ether oxygens (including phenoxy) is 2. The first-order chi connectivity index (χ1) is 16.9. The van der Waals surface area contributed by atoms with Crippen molar-refractivity contribution < 1.29 is 19.1 Å². The summed E-state index contributed by atoms with van der Waals surface area (Å²) < 4.78 is 12.4. The number of hydrogen-bond acceptors (Lipinski definition) is 7. The number of nitrogens with zero attached hydrogens (tertiary/aromatic N) is 2. The number of benzene rings is 2. The van der Waals surface area contributed by atoms with Gasteiger partial charge in [0.05, 0.1) is 42.2 Å². The SMILES string of the molecule is CCn1cnc2sc(C(=O)Nc3cc(OC)c(NC(=O)c4ccccc4)cc3OC)c(C)c2c1=O. The number of fused-ring (bicyclic) bond motifs is 1. The van der Waals surface area contributed by atoms with Gasteiger partial charge in [0.2, 0.25) is 0 Å². The molecule has 180 valence electrons. The first kappa shape index (κ1) is 24.0. The van der Waals surface area contributed by atoms with Gasteiger partial charge in [-0.05, 0) is 31.5 Å². The molecule has 0 aliphatic carbocycles. The minimum absolute atomic E-state index is 0.178. The van der Waals surface area contributed by atoms with E-state index in [-0.39, 0.29) is 11.5 Å². The van der Waals surface area contributed by atoms with E-state index in [0.29, 0.717) is 55.6 Å². The van der Waals surface area contributed by atoms with Crippen LogP contribution in [0.25, 0.3) is 10.2 Å². The van der Waals surface area contributed by atoms with Crippen molar-refractivity contribution in [3.63, 3.8) is 0 Å². The van der Waals surface area contributed by atoms with Gasteiger partial charge in [0.15, 0.2) is 0 Å². The average molecular weight is 493 g/mol. The third-order valence-corrected chi connectivity index (χ3v) is 6.72. The standard InChI is InChI=1S/C25H24N4O5S/c1-5-29-13-26-24-20(25(29)32)14(2)21(35-24)23(31)28-17-12-18(33-3)16(11-19(17)34-4)27-22(30)15-9-7-6-8-10-15/h6-13H,5H2,1-4H3,(H,27,30)(H,28,31). The van der Waals surface area contributed by atoms with E-state index in [9.17, 15) is 14.4 Å². The van der Waals surface area contributed by atoms with Crippen molar-refractivity contribution in [2.75, 3.05) is 24.9 Å². The molecule has 10 heteroatoms. The Bertz CT molecular complexity index is 1480. The maximum Gasteiger partial charge on any atom is 0.266 e. The molecule has 0 spiro atoms. The maximum atomic E-state index is 13.2. The van der Waals surface area contributed by atoms with Crippen molar-refractivity contribution in [2.45, 2.75) is 20.4 Å². The van der Waals surface area contributed by atoms with Crippen LogP contribution in [0.2, 0.25) is 0 Å². The zero-order chi connectivity index (χ0) is 25.1. The zero-order valence-corrected chi connectivity index (χ0v) is 20.5. The van der Waals surface area contributed by atoms with Crippen LogP contribution in [0.15, 0.2) is 53.6 Å². The van der Waals surface area contributed by atoms with Crippen molar-refractivity contribution in [2.24, 2.45) is 0 Å². The highest BCUT2D eigenvalue weighted by molar-refractivity contribution is 7.20. The number of rotatable bonds is 7. The van der Waals surface area contributed by atoms with E-state index in [1.807, 2.05) is 13.0 Å². The minimum Gasteiger partial charge on any atom is -0.494 e. The second-order valence-corrected chi connectivity index (χ2v) is 8.60. The van der Waals surface area contributed by atoms with Crippen LogP contribution < -0.4 is 25.7 Å². The number of carbonyl (C=O) groups is 2. The Hall–Kier alpha value is -4.18. The normalized spacial score (nSPS) is 10.7. The summed E-state index contributed by atoms with van der Waals surface area (Å²) in [6.45, 7) is 4.08. The number of aryl methyl sites for hydroxylation is 2. The van der Waals surface area contributed by atoms with E-state index < -0.39 is 5.91 Å². The van der Waals surface area contributed by atoms with Crippen molar-refractivity contribution in [1.82, 2.24) is 9.55 Å². The van der Waals surface area contributed by atoms with Crippen molar-refractivity contribution in [3.05, 3.63) is 75.1 Å². The zero-order valence-electron chi connectivity index (χ0n) is 19.7. The summed E-state index contributed by atoms with van der Waals surface area (Å²) in [6.07, 6.45) is 1.48. The van der Waals surface area contributed by atoms with Crippen LogP contribution in [-0.2, 0) is 6.54 Å². The predicted octanol–water partition coefficient (Wildman–Crippen LogP) is 4.31. The van der Waals surface area contributed by atoms with Crippen molar-refractivity contribution >= 4 is 44.7 Å². The van der Waals surface area contributed by atoms with Crippen molar-refractivity contribution in [1.29, 1.82) is 0 Å². The van der Waals surface area contributed by atoms with Crippen LogP contribution in [-0.4, -0.2) is 35.6 Å². The number of carbonyl (C=O) groups excluding carboxylic acids is 2. The molecule has 0 fully saturated rings. The fourth-order valence-electron chi connectivity index (χ4n) is 3.66. The molecule has 9 nitrogen and oxygen atoms in total. The maximum absolute atomic E-state index is 13.2. The lowest BCUT2D eigenvalue weighted by Gasteiger charge is -2.16. The molecule has 35 heavy (non-hydrogen) atoms. The van der Waals surface area contributed by atoms with E-state index in [0.717, 1.165) is 11.3 Å². The van der Waals surface area contributed by atoms with E-state index in [2.05, 4.69) is 15.6 Å². The third kappa shape index (κ3) is 4.60. The minimum atomic E-state index is -0.408.